The van der Waals surface area contributed by atoms with E-state index in [2.05, 4.69) is 39.4 Å². The van der Waals surface area contributed by atoms with Gasteiger partial charge in [-0.3, -0.25) is 9.78 Å². The first-order chi connectivity index (χ1) is 11.0. The van der Waals surface area contributed by atoms with Crippen LogP contribution in [0.1, 0.15) is 49.1 Å². The van der Waals surface area contributed by atoms with Crippen molar-refractivity contribution in [1.82, 2.24) is 29.9 Å². The van der Waals surface area contributed by atoms with Crippen LogP contribution in [0.3, 0.4) is 0 Å². The highest BCUT2D eigenvalue weighted by Gasteiger charge is 2.18. The zero-order chi connectivity index (χ0) is 16.6. The topological polar surface area (TPSA) is 84.3 Å². The molecular weight excluding hydrogens is 290 g/mol. The molecule has 0 bridgehead atoms. The largest absolute Gasteiger partial charge is 0.363 e. The summed E-state index contributed by atoms with van der Waals surface area (Å²) in [6.07, 6.45) is 3.68. The lowest BCUT2D eigenvalue weighted by molar-refractivity contribution is 0.771. The van der Waals surface area contributed by atoms with E-state index in [0.717, 1.165) is 46.9 Å². The fourth-order valence-corrected chi connectivity index (χ4v) is 2.99. The first-order valence-corrected chi connectivity index (χ1v) is 7.97. The minimum Gasteiger partial charge on any atom is -0.363 e. The van der Waals surface area contributed by atoms with E-state index in [9.17, 15) is 0 Å². The molecule has 3 aromatic heterocycles. The van der Waals surface area contributed by atoms with Gasteiger partial charge in [0.05, 0.1) is 23.3 Å². The highest BCUT2D eigenvalue weighted by molar-refractivity contribution is 5.86. The molecule has 3 rings (SSSR count). The standard InChI is InChI=1S/C16H23N7/c1-6-7-13-19-15(12-8-17-23(5)16(12)20-13)18-9(2)14-10(3)21-22-11(14)4/h8-9H,6-7H2,1-5H3,(H,21,22)(H,18,19,20)/t9-/m1/s1. The summed E-state index contributed by atoms with van der Waals surface area (Å²) in [5.74, 6) is 1.68. The average Bonchev–Trinajstić information content (AvgIpc) is 3.03. The van der Waals surface area contributed by atoms with E-state index in [-0.39, 0.29) is 6.04 Å². The summed E-state index contributed by atoms with van der Waals surface area (Å²) in [4.78, 5) is 9.33. The van der Waals surface area contributed by atoms with Crippen molar-refractivity contribution >= 4 is 16.9 Å². The van der Waals surface area contributed by atoms with Gasteiger partial charge in [0, 0.05) is 24.7 Å². The Labute approximate surface area is 135 Å². The molecule has 0 aliphatic rings. The molecule has 0 aliphatic carbocycles. The monoisotopic (exact) mass is 313 g/mol. The minimum atomic E-state index is 0.0986. The Balaban J connectivity index is 2.01. The second-order valence-corrected chi connectivity index (χ2v) is 5.96. The lowest BCUT2D eigenvalue weighted by Gasteiger charge is -2.16. The van der Waals surface area contributed by atoms with Gasteiger partial charge < -0.3 is 5.32 Å². The van der Waals surface area contributed by atoms with Gasteiger partial charge in [-0.2, -0.15) is 10.2 Å². The maximum Gasteiger partial charge on any atom is 0.163 e. The van der Waals surface area contributed by atoms with E-state index >= 15 is 0 Å². The second kappa shape index (κ2) is 5.98. The average molecular weight is 313 g/mol. The Morgan fingerprint density at radius 1 is 1.30 bits per heavy atom. The van der Waals surface area contributed by atoms with Gasteiger partial charge in [0.1, 0.15) is 11.6 Å². The molecule has 1 atom stereocenters. The Kier molecular flexibility index (Phi) is 4.02. The van der Waals surface area contributed by atoms with Gasteiger partial charge in [-0.15, -0.1) is 0 Å². The van der Waals surface area contributed by atoms with Crippen LogP contribution in [-0.4, -0.2) is 29.9 Å². The van der Waals surface area contributed by atoms with Crippen LogP contribution in [0, 0.1) is 13.8 Å². The Bertz CT molecular complexity index is 811. The van der Waals surface area contributed by atoms with E-state index in [0.29, 0.717) is 0 Å². The third-order valence-electron chi connectivity index (χ3n) is 4.08. The number of hydrogen-bond donors (Lipinski definition) is 2. The zero-order valence-corrected chi connectivity index (χ0v) is 14.3. The summed E-state index contributed by atoms with van der Waals surface area (Å²) in [6.45, 7) is 8.30. The number of hydrogen-bond acceptors (Lipinski definition) is 5. The summed E-state index contributed by atoms with van der Waals surface area (Å²) in [5, 5.41) is 16.1. The van der Waals surface area contributed by atoms with Crippen LogP contribution in [0.25, 0.3) is 11.0 Å². The lowest BCUT2D eigenvalue weighted by atomic mass is 10.1. The van der Waals surface area contributed by atoms with Crippen molar-refractivity contribution in [3.8, 4) is 0 Å². The molecule has 2 N–H and O–H groups in total. The number of fused-ring (bicyclic) bond motifs is 1. The number of aromatic amines is 1. The van der Waals surface area contributed by atoms with Gasteiger partial charge in [-0.1, -0.05) is 6.92 Å². The van der Waals surface area contributed by atoms with Crippen LogP contribution in [0.4, 0.5) is 5.82 Å². The molecule has 0 amide bonds. The van der Waals surface area contributed by atoms with Gasteiger partial charge in [0.15, 0.2) is 5.65 Å². The maximum atomic E-state index is 4.71. The smallest absolute Gasteiger partial charge is 0.163 e. The number of aromatic nitrogens is 6. The molecule has 122 valence electrons. The SMILES string of the molecule is CCCc1nc(N[C@H](C)c2c(C)n[nH]c2C)c2cnn(C)c2n1. The fourth-order valence-electron chi connectivity index (χ4n) is 2.99. The van der Waals surface area contributed by atoms with E-state index in [1.165, 1.54) is 5.56 Å². The molecule has 0 fully saturated rings. The van der Waals surface area contributed by atoms with E-state index in [1.807, 2.05) is 27.1 Å². The van der Waals surface area contributed by atoms with Crippen molar-refractivity contribution in [2.24, 2.45) is 7.05 Å². The first-order valence-electron chi connectivity index (χ1n) is 7.97. The molecule has 0 spiro atoms. The second-order valence-electron chi connectivity index (χ2n) is 5.96. The maximum absolute atomic E-state index is 4.71. The van der Waals surface area contributed by atoms with Gasteiger partial charge in [-0.25, -0.2) is 9.97 Å². The third kappa shape index (κ3) is 2.78. The highest BCUT2D eigenvalue weighted by Crippen LogP contribution is 2.27. The van der Waals surface area contributed by atoms with Crippen LogP contribution < -0.4 is 5.32 Å². The van der Waals surface area contributed by atoms with Crippen molar-refractivity contribution in [1.29, 1.82) is 0 Å². The molecule has 3 heterocycles. The number of nitrogens with one attached hydrogen (secondary N) is 2. The fraction of sp³-hybridized carbons (Fsp3) is 0.500. The van der Waals surface area contributed by atoms with Crippen LogP contribution in [0.15, 0.2) is 6.20 Å². The molecule has 0 radical (unpaired) electrons. The molecule has 3 aromatic rings. The summed E-state index contributed by atoms with van der Waals surface area (Å²) in [6, 6.07) is 0.0986. The molecule has 7 nitrogen and oxygen atoms in total. The van der Waals surface area contributed by atoms with Crippen molar-refractivity contribution in [3.05, 3.63) is 29.0 Å². The predicted octanol–water partition coefficient (Wildman–Crippen LogP) is 2.83. The summed E-state index contributed by atoms with van der Waals surface area (Å²) < 4.78 is 1.79. The molecule has 0 saturated heterocycles. The quantitative estimate of drug-likeness (QED) is 0.756. The molecule has 7 heteroatoms. The van der Waals surface area contributed by atoms with Gasteiger partial charge in [0.2, 0.25) is 0 Å². The lowest BCUT2D eigenvalue weighted by Crippen LogP contribution is -2.11. The third-order valence-corrected chi connectivity index (χ3v) is 4.08. The number of anilines is 1. The predicted molar refractivity (Wildman–Crippen MR) is 90.4 cm³/mol. The number of rotatable bonds is 5. The normalized spacial score (nSPS) is 12.7. The van der Waals surface area contributed by atoms with Crippen LogP contribution >= 0.6 is 0 Å². The number of aryl methyl sites for hydroxylation is 4. The minimum absolute atomic E-state index is 0.0986. The van der Waals surface area contributed by atoms with Crippen LogP contribution in [0.5, 0.6) is 0 Å². The van der Waals surface area contributed by atoms with Gasteiger partial charge >= 0.3 is 0 Å². The number of H-pyrrole nitrogens is 1. The van der Waals surface area contributed by atoms with Crippen molar-refractivity contribution in [2.45, 2.75) is 46.6 Å². The van der Waals surface area contributed by atoms with Crippen molar-refractivity contribution in [2.75, 3.05) is 5.32 Å². The van der Waals surface area contributed by atoms with Crippen molar-refractivity contribution in [3.63, 3.8) is 0 Å². The van der Waals surface area contributed by atoms with Crippen molar-refractivity contribution < 1.29 is 0 Å². The molecule has 0 saturated carbocycles. The summed E-state index contributed by atoms with van der Waals surface area (Å²) in [5.41, 5.74) is 4.12. The Hall–Kier alpha value is -2.44. The molecule has 0 aromatic carbocycles. The van der Waals surface area contributed by atoms with Gasteiger partial charge in [-0.05, 0) is 27.2 Å². The first kappa shape index (κ1) is 15.5. The molecular formula is C16H23N7. The molecule has 0 unspecified atom stereocenters. The van der Waals surface area contributed by atoms with E-state index in [4.69, 9.17) is 4.98 Å². The summed E-state index contributed by atoms with van der Waals surface area (Å²) >= 11 is 0. The molecule has 0 aliphatic heterocycles. The van der Waals surface area contributed by atoms with Gasteiger partial charge in [0.25, 0.3) is 0 Å². The summed E-state index contributed by atoms with van der Waals surface area (Å²) in [7, 11) is 1.91. The van der Waals surface area contributed by atoms with E-state index < -0.39 is 0 Å². The van der Waals surface area contributed by atoms with Crippen LogP contribution in [0.2, 0.25) is 0 Å². The zero-order valence-electron chi connectivity index (χ0n) is 14.3. The highest BCUT2D eigenvalue weighted by atomic mass is 15.3. The van der Waals surface area contributed by atoms with E-state index in [1.54, 1.807) is 4.68 Å². The Morgan fingerprint density at radius 3 is 2.74 bits per heavy atom. The molecule has 23 heavy (non-hydrogen) atoms. The Morgan fingerprint density at radius 2 is 2.09 bits per heavy atom. The van der Waals surface area contributed by atoms with Crippen LogP contribution in [-0.2, 0) is 13.5 Å². The number of nitrogens with zero attached hydrogens (tertiary/aromatic N) is 5.